The van der Waals surface area contributed by atoms with E-state index in [-0.39, 0.29) is 49.9 Å². The van der Waals surface area contributed by atoms with E-state index < -0.39 is 17.6 Å². The van der Waals surface area contributed by atoms with Crippen molar-refractivity contribution in [1.82, 2.24) is 5.32 Å². The van der Waals surface area contributed by atoms with Crippen molar-refractivity contribution in [3.8, 4) is 11.5 Å². The molecule has 0 atom stereocenters. The third-order valence-corrected chi connectivity index (χ3v) is 4.42. The zero-order valence-electron chi connectivity index (χ0n) is 18.5. The van der Waals surface area contributed by atoms with Gasteiger partial charge in [-0.2, -0.15) is 13.2 Å². The summed E-state index contributed by atoms with van der Waals surface area (Å²) in [5.41, 5.74) is -0.608. The summed E-state index contributed by atoms with van der Waals surface area (Å²) in [5.74, 6) is -0.281. The highest BCUT2D eigenvalue weighted by molar-refractivity contribution is 5.97. The van der Waals surface area contributed by atoms with Crippen LogP contribution in [0.5, 0.6) is 11.5 Å². The van der Waals surface area contributed by atoms with Crippen LogP contribution in [0, 0.1) is 0 Å². The number of halogens is 3. The molecule has 0 heterocycles. The number of hydrogen-bond donors (Lipinski definition) is 2. The molecule has 0 aliphatic rings. The van der Waals surface area contributed by atoms with Crippen molar-refractivity contribution in [3.05, 3.63) is 53.6 Å². The van der Waals surface area contributed by atoms with E-state index in [1.807, 2.05) is 6.92 Å². The van der Waals surface area contributed by atoms with E-state index in [9.17, 15) is 22.8 Å². The summed E-state index contributed by atoms with van der Waals surface area (Å²) in [6.45, 7) is 2.77. The summed E-state index contributed by atoms with van der Waals surface area (Å²) in [7, 11) is 1.47. The van der Waals surface area contributed by atoms with Gasteiger partial charge in [0.1, 0.15) is 18.1 Å². The molecule has 7 nitrogen and oxygen atoms in total. The van der Waals surface area contributed by atoms with Gasteiger partial charge in [0.15, 0.2) is 0 Å². The Hall–Kier alpha value is -3.27. The van der Waals surface area contributed by atoms with E-state index in [1.54, 1.807) is 24.3 Å². The van der Waals surface area contributed by atoms with Crippen molar-refractivity contribution >= 4 is 17.5 Å². The number of para-hydroxylation sites is 1. The third-order valence-electron chi connectivity index (χ3n) is 4.42. The molecule has 0 aliphatic carbocycles. The van der Waals surface area contributed by atoms with Gasteiger partial charge in [-0.3, -0.25) is 9.59 Å². The highest BCUT2D eigenvalue weighted by atomic mass is 19.4. The maximum Gasteiger partial charge on any atom is 0.416 e. The van der Waals surface area contributed by atoms with Crippen molar-refractivity contribution < 1.29 is 37.0 Å². The number of carbonyl (C=O) groups is 2. The lowest BCUT2D eigenvalue weighted by molar-refractivity contribution is -0.137. The predicted molar refractivity (Wildman–Crippen MR) is 117 cm³/mol. The highest BCUT2D eigenvalue weighted by Crippen LogP contribution is 2.35. The molecule has 33 heavy (non-hydrogen) atoms. The molecule has 180 valence electrons. The molecule has 2 N–H and O–H groups in total. The second kappa shape index (κ2) is 12.7. The lowest BCUT2D eigenvalue weighted by Gasteiger charge is -2.15. The van der Waals surface area contributed by atoms with Gasteiger partial charge in [-0.1, -0.05) is 12.1 Å². The highest BCUT2D eigenvalue weighted by Gasteiger charge is 2.31. The molecule has 0 radical (unpaired) electrons. The molecule has 0 fully saturated rings. The van der Waals surface area contributed by atoms with E-state index in [4.69, 9.17) is 14.2 Å². The SMILES string of the molecule is CCOc1ccccc1C(=O)NCCCC(=O)Nc1cc(C(F)(F)F)ccc1OCCOC. The standard InChI is InChI=1S/C23H27F3N2O5/c1-3-32-19-8-5-4-7-17(19)22(30)27-12-6-9-21(29)28-18-15-16(23(24,25)26)10-11-20(18)33-14-13-31-2/h4-5,7-8,10-11,15H,3,6,9,12-14H2,1-2H3,(H,27,30)(H,28,29). The first-order valence-corrected chi connectivity index (χ1v) is 10.4. The minimum atomic E-state index is -4.56. The van der Waals surface area contributed by atoms with Crippen LogP contribution in [0.3, 0.4) is 0 Å². The Balaban J connectivity index is 1.92. The first kappa shape index (κ1) is 26.0. The van der Waals surface area contributed by atoms with Crippen molar-refractivity contribution in [2.24, 2.45) is 0 Å². The first-order chi connectivity index (χ1) is 15.8. The van der Waals surface area contributed by atoms with Crippen LogP contribution < -0.4 is 20.1 Å². The number of methoxy groups -OCH3 is 1. The summed E-state index contributed by atoms with van der Waals surface area (Å²) in [6, 6.07) is 9.66. The summed E-state index contributed by atoms with van der Waals surface area (Å²) in [4.78, 5) is 24.7. The largest absolute Gasteiger partial charge is 0.493 e. The molecule has 2 amide bonds. The molecular weight excluding hydrogens is 441 g/mol. The Morgan fingerprint density at radius 2 is 1.76 bits per heavy atom. The van der Waals surface area contributed by atoms with Gasteiger partial charge in [-0.25, -0.2) is 0 Å². The zero-order chi connectivity index (χ0) is 24.3. The van der Waals surface area contributed by atoms with E-state index >= 15 is 0 Å². The van der Waals surface area contributed by atoms with Gasteiger partial charge in [0.05, 0.1) is 30.0 Å². The molecule has 0 saturated heterocycles. The first-order valence-electron chi connectivity index (χ1n) is 10.4. The number of alkyl halides is 3. The number of benzene rings is 2. The second-order valence-corrected chi connectivity index (χ2v) is 6.89. The second-order valence-electron chi connectivity index (χ2n) is 6.89. The normalized spacial score (nSPS) is 11.1. The van der Waals surface area contributed by atoms with Gasteiger partial charge in [0.25, 0.3) is 5.91 Å². The van der Waals surface area contributed by atoms with Gasteiger partial charge < -0.3 is 24.8 Å². The summed E-state index contributed by atoms with van der Waals surface area (Å²) < 4.78 is 54.9. The van der Waals surface area contributed by atoms with Crippen LogP contribution in [0.15, 0.2) is 42.5 Å². The number of amides is 2. The molecule has 10 heteroatoms. The molecule has 2 rings (SSSR count). The fraction of sp³-hybridized carbons (Fsp3) is 0.391. The van der Waals surface area contributed by atoms with Crippen molar-refractivity contribution in [3.63, 3.8) is 0 Å². The van der Waals surface area contributed by atoms with Gasteiger partial charge in [-0.05, 0) is 43.7 Å². The predicted octanol–water partition coefficient (Wildman–Crippen LogP) is 4.28. The molecule has 0 saturated carbocycles. The van der Waals surface area contributed by atoms with E-state index in [1.165, 1.54) is 7.11 Å². The molecule has 2 aromatic rings. The molecule has 0 spiro atoms. The van der Waals surface area contributed by atoms with Crippen molar-refractivity contribution in [2.75, 3.05) is 38.8 Å². The Morgan fingerprint density at radius 3 is 2.45 bits per heavy atom. The van der Waals surface area contributed by atoms with Crippen LogP contribution in [0.1, 0.15) is 35.7 Å². The van der Waals surface area contributed by atoms with Crippen LogP contribution in [-0.4, -0.2) is 45.3 Å². The van der Waals surface area contributed by atoms with Crippen molar-refractivity contribution in [1.29, 1.82) is 0 Å². The van der Waals surface area contributed by atoms with Gasteiger partial charge in [0, 0.05) is 20.1 Å². The maximum absolute atomic E-state index is 13.1. The fourth-order valence-electron chi connectivity index (χ4n) is 2.86. The number of carbonyl (C=O) groups excluding carboxylic acids is 2. The van der Waals surface area contributed by atoms with Crippen LogP contribution in [-0.2, 0) is 15.7 Å². The smallest absolute Gasteiger partial charge is 0.416 e. The summed E-state index contributed by atoms with van der Waals surface area (Å²) in [6.07, 6.45) is -4.29. The molecule has 0 aromatic heterocycles. The minimum absolute atomic E-state index is 0.0128. The van der Waals surface area contributed by atoms with E-state index in [0.717, 1.165) is 18.2 Å². The fourth-order valence-corrected chi connectivity index (χ4v) is 2.86. The number of nitrogens with one attached hydrogen (secondary N) is 2. The van der Waals surface area contributed by atoms with Crippen LogP contribution in [0.4, 0.5) is 18.9 Å². The lowest BCUT2D eigenvalue weighted by atomic mass is 10.1. The number of rotatable bonds is 12. The molecule has 2 aromatic carbocycles. The van der Waals surface area contributed by atoms with Gasteiger partial charge in [0.2, 0.25) is 5.91 Å². The molecule has 0 bridgehead atoms. The topological polar surface area (TPSA) is 85.9 Å². The van der Waals surface area contributed by atoms with Crippen LogP contribution in [0.2, 0.25) is 0 Å². The monoisotopic (exact) mass is 468 g/mol. The Bertz CT molecular complexity index is 935. The number of anilines is 1. The van der Waals surface area contributed by atoms with Crippen LogP contribution >= 0.6 is 0 Å². The number of hydrogen-bond acceptors (Lipinski definition) is 5. The minimum Gasteiger partial charge on any atom is -0.493 e. The molecular formula is C23H27F3N2O5. The maximum atomic E-state index is 13.1. The molecule has 0 unspecified atom stereocenters. The summed E-state index contributed by atoms with van der Waals surface area (Å²) >= 11 is 0. The number of ether oxygens (including phenoxy) is 3. The average molecular weight is 468 g/mol. The summed E-state index contributed by atoms with van der Waals surface area (Å²) in [5, 5.41) is 5.16. The van der Waals surface area contributed by atoms with E-state index in [0.29, 0.717) is 17.9 Å². The Kier molecular flexibility index (Phi) is 9.99. The lowest BCUT2D eigenvalue weighted by Crippen LogP contribution is -2.26. The Labute approximate surface area is 190 Å². The van der Waals surface area contributed by atoms with Gasteiger partial charge >= 0.3 is 6.18 Å². The third kappa shape index (κ3) is 8.30. The van der Waals surface area contributed by atoms with Crippen molar-refractivity contribution in [2.45, 2.75) is 25.9 Å². The van der Waals surface area contributed by atoms with Gasteiger partial charge in [-0.15, -0.1) is 0 Å². The van der Waals surface area contributed by atoms with E-state index in [2.05, 4.69) is 10.6 Å². The quantitative estimate of drug-likeness (QED) is 0.454. The zero-order valence-corrected chi connectivity index (χ0v) is 18.5. The Morgan fingerprint density at radius 1 is 1.00 bits per heavy atom. The van der Waals surface area contributed by atoms with Crippen LogP contribution in [0.25, 0.3) is 0 Å². The molecule has 0 aliphatic heterocycles. The average Bonchev–Trinajstić information content (AvgIpc) is 2.77.